The predicted octanol–water partition coefficient (Wildman–Crippen LogP) is 2.72. The van der Waals surface area contributed by atoms with E-state index in [1.165, 1.54) is 6.07 Å². The molecule has 96 valence electrons. The van der Waals surface area contributed by atoms with E-state index < -0.39 is 0 Å². The molecule has 1 aromatic carbocycles. The van der Waals surface area contributed by atoms with E-state index in [-0.39, 0.29) is 11.9 Å². The fourth-order valence-corrected chi connectivity index (χ4v) is 2.33. The van der Waals surface area contributed by atoms with E-state index in [2.05, 4.69) is 10.4 Å². The molecule has 1 aromatic heterocycles. The molecule has 0 spiro atoms. The minimum absolute atomic E-state index is 0.0677. The fraction of sp³-hybridized carbons (Fsp3) is 0.308. The Hall–Kier alpha value is -1.39. The molecule has 0 saturated carbocycles. The first-order chi connectivity index (χ1) is 8.63. The first-order valence-corrected chi connectivity index (χ1v) is 6.09. The fourth-order valence-electron chi connectivity index (χ4n) is 2.03. The minimum Gasteiger partial charge on any atom is -0.311 e. The van der Waals surface area contributed by atoms with Crippen LogP contribution in [0, 0.1) is 5.82 Å². The maximum absolute atomic E-state index is 13.6. The van der Waals surface area contributed by atoms with Crippen molar-refractivity contribution >= 4 is 11.6 Å². The molecule has 1 atom stereocenters. The van der Waals surface area contributed by atoms with Crippen LogP contribution in [0.3, 0.4) is 0 Å². The zero-order chi connectivity index (χ0) is 13.1. The van der Waals surface area contributed by atoms with Gasteiger partial charge in [-0.2, -0.15) is 5.10 Å². The van der Waals surface area contributed by atoms with Gasteiger partial charge >= 0.3 is 0 Å². The summed E-state index contributed by atoms with van der Waals surface area (Å²) in [6, 6.07) is 6.69. The Morgan fingerprint density at radius 1 is 1.44 bits per heavy atom. The number of aromatic nitrogens is 2. The molecule has 18 heavy (non-hydrogen) atoms. The molecular formula is C13H15ClFN3. The largest absolute Gasteiger partial charge is 0.311 e. The van der Waals surface area contributed by atoms with Crippen LogP contribution < -0.4 is 5.32 Å². The molecule has 0 radical (unpaired) electrons. The van der Waals surface area contributed by atoms with Crippen LogP contribution in [-0.4, -0.2) is 16.8 Å². The summed E-state index contributed by atoms with van der Waals surface area (Å²) in [7, 11) is 3.65. The normalized spacial score (nSPS) is 12.7. The Balaban J connectivity index is 2.28. The van der Waals surface area contributed by atoms with Crippen molar-refractivity contribution < 1.29 is 4.39 Å². The topological polar surface area (TPSA) is 29.9 Å². The number of nitrogens with zero attached hydrogens (tertiary/aromatic N) is 2. The molecule has 3 nitrogen and oxygen atoms in total. The van der Waals surface area contributed by atoms with Crippen LogP contribution >= 0.6 is 11.6 Å². The quantitative estimate of drug-likeness (QED) is 0.923. The molecule has 0 saturated heterocycles. The van der Waals surface area contributed by atoms with Gasteiger partial charge in [0.1, 0.15) is 5.82 Å². The highest BCUT2D eigenvalue weighted by atomic mass is 35.5. The van der Waals surface area contributed by atoms with Crippen LogP contribution in [0.4, 0.5) is 4.39 Å². The van der Waals surface area contributed by atoms with Crippen molar-refractivity contribution in [1.29, 1.82) is 0 Å². The summed E-state index contributed by atoms with van der Waals surface area (Å²) in [4.78, 5) is 0. The lowest BCUT2D eigenvalue weighted by Crippen LogP contribution is -2.22. The van der Waals surface area contributed by atoms with Crippen LogP contribution in [0.25, 0.3) is 0 Å². The van der Waals surface area contributed by atoms with Crippen LogP contribution in [-0.2, 0) is 13.5 Å². The zero-order valence-corrected chi connectivity index (χ0v) is 11.1. The van der Waals surface area contributed by atoms with Gasteiger partial charge in [-0.3, -0.25) is 4.68 Å². The lowest BCUT2D eigenvalue weighted by molar-refractivity contribution is 0.519. The van der Waals surface area contributed by atoms with Gasteiger partial charge in [-0.25, -0.2) is 4.39 Å². The molecule has 1 unspecified atom stereocenters. The summed E-state index contributed by atoms with van der Waals surface area (Å²) in [6.07, 6.45) is 2.13. The van der Waals surface area contributed by atoms with Crippen molar-refractivity contribution in [3.05, 3.63) is 52.6 Å². The van der Waals surface area contributed by atoms with Crippen LogP contribution in [0.2, 0.25) is 5.02 Å². The van der Waals surface area contributed by atoms with Crippen molar-refractivity contribution in [3.8, 4) is 0 Å². The number of aryl methyl sites for hydroxylation is 1. The first-order valence-electron chi connectivity index (χ1n) is 5.71. The molecule has 2 rings (SSSR count). The average Bonchev–Trinajstić information content (AvgIpc) is 2.69. The zero-order valence-electron chi connectivity index (χ0n) is 10.3. The second-order valence-corrected chi connectivity index (χ2v) is 4.55. The molecule has 0 aliphatic carbocycles. The Kier molecular flexibility index (Phi) is 3.99. The minimum atomic E-state index is -0.198. The van der Waals surface area contributed by atoms with Crippen molar-refractivity contribution in [1.82, 2.24) is 15.1 Å². The summed E-state index contributed by atoms with van der Waals surface area (Å²) in [5, 5.41) is 7.84. The van der Waals surface area contributed by atoms with Crippen molar-refractivity contribution in [2.45, 2.75) is 12.5 Å². The molecule has 0 aliphatic heterocycles. The first kappa shape index (κ1) is 13.1. The molecular weight excluding hydrogens is 253 g/mol. The number of nitrogens with one attached hydrogen (secondary N) is 1. The van der Waals surface area contributed by atoms with Crippen molar-refractivity contribution in [3.63, 3.8) is 0 Å². The summed E-state index contributed by atoms with van der Waals surface area (Å²) >= 11 is 6.11. The highest BCUT2D eigenvalue weighted by molar-refractivity contribution is 6.31. The predicted molar refractivity (Wildman–Crippen MR) is 70.1 cm³/mol. The molecule has 0 fully saturated rings. The number of benzene rings is 1. The van der Waals surface area contributed by atoms with Gasteiger partial charge in [-0.1, -0.05) is 29.8 Å². The lowest BCUT2D eigenvalue weighted by Gasteiger charge is -2.17. The standard InChI is InChI=1S/C13H15ClFN3/c1-16-12(13-10(14)8-17-18(13)2)7-9-5-3-4-6-11(9)15/h3-6,8,12,16H,7H2,1-2H3. The Labute approximate surface area is 111 Å². The maximum atomic E-state index is 13.6. The Bertz CT molecular complexity index is 519. The number of rotatable bonds is 4. The number of halogens is 2. The Morgan fingerprint density at radius 3 is 2.72 bits per heavy atom. The van der Waals surface area contributed by atoms with Crippen LogP contribution in [0.1, 0.15) is 17.3 Å². The van der Waals surface area contributed by atoms with Crippen molar-refractivity contribution in [2.75, 3.05) is 7.05 Å². The van der Waals surface area contributed by atoms with E-state index in [0.717, 1.165) is 5.69 Å². The lowest BCUT2D eigenvalue weighted by atomic mass is 10.0. The summed E-state index contributed by atoms with van der Waals surface area (Å²) in [5.41, 5.74) is 1.52. The van der Waals surface area contributed by atoms with Gasteiger partial charge in [0.2, 0.25) is 0 Å². The summed E-state index contributed by atoms with van der Waals surface area (Å²) in [5.74, 6) is -0.198. The molecule has 1 heterocycles. The van der Waals surface area contributed by atoms with E-state index >= 15 is 0 Å². The van der Waals surface area contributed by atoms with E-state index in [1.54, 1.807) is 23.0 Å². The van der Waals surface area contributed by atoms with E-state index in [9.17, 15) is 4.39 Å². The van der Waals surface area contributed by atoms with E-state index in [1.807, 2.05) is 20.2 Å². The van der Waals surface area contributed by atoms with Gasteiger partial charge in [-0.05, 0) is 25.1 Å². The van der Waals surface area contributed by atoms with Gasteiger partial charge < -0.3 is 5.32 Å². The van der Waals surface area contributed by atoms with E-state index in [4.69, 9.17) is 11.6 Å². The number of hydrogen-bond acceptors (Lipinski definition) is 2. The average molecular weight is 268 g/mol. The van der Waals surface area contributed by atoms with Crippen LogP contribution in [0.15, 0.2) is 30.5 Å². The van der Waals surface area contributed by atoms with Gasteiger partial charge in [0.05, 0.1) is 23.0 Å². The third kappa shape index (κ3) is 2.54. The SMILES string of the molecule is CNC(Cc1ccccc1F)c1c(Cl)cnn1C. The third-order valence-corrected chi connectivity index (χ3v) is 3.29. The number of hydrogen-bond donors (Lipinski definition) is 1. The number of likely N-dealkylation sites (N-methyl/N-ethyl adjacent to an activating group) is 1. The Morgan fingerprint density at radius 2 is 2.17 bits per heavy atom. The molecule has 0 aliphatic rings. The monoisotopic (exact) mass is 267 g/mol. The van der Waals surface area contributed by atoms with Gasteiger partial charge in [0.25, 0.3) is 0 Å². The van der Waals surface area contributed by atoms with Gasteiger partial charge in [0, 0.05) is 7.05 Å². The highest BCUT2D eigenvalue weighted by Crippen LogP contribution is 2.25. The summed E-state index contributed by atoms with van der Waals surface area (Å²) < 4.78 is 15.4. The van der Waals surface area contributed by atoms with Gasteiger partial charge in [0.15, 0.2) is 0 Å². The second-order valence-electron chi connectivity index (χ2n) is 4.14. The summed E-state index contributed by atoms with van der Waals surface area (Å²) in [6.45, 7) is 0. The highest BCUT2D eigenvalue weighted by Gasteiger charge is 2.19. The second kappa shape index (κ2) is 5.50. The van der Waals surface area contributed by atoms with Crippen molar-refractivity contribution in [2.24, 2.45) is 7.05 Å². The smallest absolute Gasteiger partial charge is 0.126 e. The maximum Gasteiger partial charge on any atom is 0.126 e. The molecule has 2 aromatic rings. The molecule has 0 amide bonds. The molecule has 5 heteroatoms. The van der Waals surface area contributed by atoms with E-state index in [0.29, 0.717) is 17.0 Å². The van der Waals surface area contributed by atoms with Gasteiger partial charge in [-0.15, -0.1) is 0 Å². The molecule has 1 N–H and O–H groups in total. The molecule has 0 bridgehead atoms. The third-order valence-electron chi connectivity index (χ3n) is 3.00. The van der Waals surface area contributed by atoms with Crippen LogP contribution in [0.5, 0.6) is 0 Å².